The predicted molar refractivity (Wildman–Crippen MR) is 130 cm³/mol. The highest BCUT2D eigenvalue weighted by atomic mass is 35.5. The largest absolute Gasteiger partial charge is 0.337 e. The average Bonchev–Trinajstić information content (AvgIpc) is 3.32. The van der Waals surface area contributed by atoms with E-state index in [9.17, 15) is 0 Å². The fourth-order valence-electron chi connectivity index (χ4n) is 4.39. The second-order valence-corrected chi connectivity index (χ2v) is 9.19. The highest BCUT2D eigenvalue weighted by Gasteiger charge is 2.30. The second-order valence-electron chi connectivity index (χ2n) is 7.92. The van der Waals surface area contributed by atoms with Gasteiger partial charge >= 0.3 is 0 Å². The molecule has 1 N–H and O–H groups in total. The first kappa shape index (κ1) is 20.3. The Balaban J connectivity index is 1.32. The average molecular weight is 447 g/mol. The molecule has 0 atom stereocenters. The van der Waals surface area contributed by atoms with Crippen molar-refractivity contribution in [3.8, 4) is 11.3 Å². The molecule has 31 heavy (non-hydrogen) atoms. The van der Waals surface area contributed by atoms with Gasteiger partial charge in [-0.1, -0.05) is 84.4 Å². The molecule has 0 amide bonds. The van der Waals surface area contributed by atoms with Gasteiger partial charge in [0.1, 0.15) is 6.04 Å². The molecule has 5 heteroatoms. The normalized spacial score (nSPS) is 14.8. The Morgan fingerprint density at radius 2 is 1.39 bits per heavy atom. The zero-order valence-corrected chi connectivity index (χ0v) is 18.8. The van der Waals surface area contributed by atoms with Crippen molar-refractivity contribution < 1.29 is 4.90 Å². The van der Waals surface area contributed by atoms with E-state index in [1.54, 1.807) is 16.2 Å². The van der Waals surface area contributed by atoms with Gasteiger partial charge in [-0.25, -0.2) is 4.98 Å². The maximum absolute atomic E-state index is 6.03. The first-order valence-electron chi connectivity index (χ1n) is 10.7. The molecule has 3 aromatic carbocycles. The van der Waals surface area contributed by atoms with Crippen molar-refractivity contribution in [2.45, 2.75) is 6.04 Å². The lowest BCUT2D eigenvalue weighted by Crippen LogP contribution is -3.15. The molecule has 1 aliphatic rings. The molecule has 1 fully saturated rings. The van der Waals surface area contributed by atoms with E-state index in [2.05, 4.69) is 70.9 Å². The van der Waals surface area contributed by atoms with Gasteiger partial charge in [0, 0.05) is 27.1 Å². The van der Waals surface area contributed by atoms with Crippen molar-refractivity contribution >= 4 is 28.1 Å². The van der Waals surface area contributed by atoms with E-state index >= 15 is 0 Å². The van der Waals surface area contributed by atoms with Crippen molar-refractivity contribution in [2.75, 3.05) is 31.1 Å². The third-order valence-electron chi connectivity index (χ3n) is 5.98. The Labute approximate surface area is 192 Å². The molecule has 0 saturated carbocycles. The van der Waals surface area contributed by atoms with Crippen LogP contribution in [0.3, 0.4) is 0 Å². The third kappa shape index (κ3) is 4.52. The maximum Gasteiger partial charge on any atom is 0.186 e. The number of aromatic nitrogens is 1. The lowest BCUT2D eigenvalue weighted by Gasteiger charge is -2.37. The van der Waals surface area contributed by atoms with E-state index in [1.165, 1.54) is 11.1 Å². The smallest absolute Gasteiger partial charge is 0.186 e. The predicted octanol–water partition coefficient (Wildman–Crippen LogP) is 4.96. The van der Waals surface area contributed by atoms with Crippen LogP contribution in [0.15, 0.2) is 90.3 Å². The zero-order valence-electron chi connectivity index (χ0n) is 17.2. The topological polar surface area (TPSA) is 20.6 Å². The summed E-state index contributed by atoms with van der Waals surface area (Å²) in [6, 6.07) is 30.1. The van der Waals surface area contributed by atoms with Crippen LogP contribution in [0.2, 0.25) is 5.02 Å². The first-order valence-corrected chi connectivity index (χ1v) is 11.9. The summed E-state index contributed by atoms with van der Waals surface area (Å²) in [7, 11) is 0. The van der Waals surface area contributed by atoms with E-state index in [0.717, 1.165) is 47.6 Å². The number of halogens is 1. The van der Waals surface area contributed by atoms with Crippen LogP contribution in [0.4, 0.5) is 5.13 Å². The van der Waals surface area contributed by atoms with Crippen LogP contribution in [-0.4, -0.2) is 31.2 Å². The molecule has 3 nitrogen and oxygen atoms in total. The standard InChI is InChI=1S/C26H24ClN3S/c27-23-13-11-20(12-14-23)24-19-31-26(28-24)30-17-15-29(16-18-30)25(21-7-3-1-4-8-21)22-9-5-2-6-10-22/h1-14,19,25H,15-18H2/p+1. The number of benzene rings is 3. The maximum atomic E-state index is 6.03. The van der Waals surface area contributed by atoms with Crippen LogP contribution in [0.5, 0.6) is 0 Å². The summed E-state index contributed by atoms with van der Waals surface area (Å²) in [4.78, 5) is 8.96. The number of piperazine rings is 1. The molecule has 1 aromatic heterocycles. The molecule has 0 spiro atoms. The number of nitrogens with one attached hydrogen (secondary N) is 1. The van der Waals surface area contributed by atoms with E-state index in [-0.39, 0.29) is 0 Å². The van der Waals surface area contributed by atoms with Gasteiger partial charge in [-0.3, -0.25) is 0 Å². The Morgan fingerprint density at radius 1 is 0.806 bits per heavy atom. The molecule has 0 radical (unpaired) electrons. The summed E-state index contributed by atoms with van der Waals surface area (Å²) in [5.41, 5.74) is 4.91. The number of hydrogen-bond donors (Lipinski definition) is 1. The summed E-state index contributed by atoms with van der Waals surface area (Å²) in [6.07, 6.45) is 0. The van der Waals surface area contributed by atoms with Crippen LogP contribution < -0.4 is 9.80 Å². The second kappa shape index (κ2) is 9.23. The molecule has 0 aliphatic carbocycles. The van der Waals surface area contributed by atoms with Crippen molar-refractivity contribution in [1.29, 1.82) is 0 Å². The van der Waals surface area contributed by atoms with Crippen LogP contribution in [0.25, 0.3) is 11.3 Å². The van der Waals surface area contributed by atoms with Crippen LogP contribution in [0, 0.1) is 0 Å². The van der Waals surface area contributed by atoms with Gasteiger partial charge in [0.2, 0.25) is 0 Å². The van der Waals surface area contributed by atoms with Gasteiger partial charge in [-0.05, 0) is 12.1 Å². The van der Waals surface area contributed by atoms with Gasteiger partial charge in [0.05, 0.1) is 31.9 Å². The third-order valence-corrected chi connectivity index (χ3v) is 7.14. The van der Waals surface area contributed by atoms with E-state index in [1.807, 2.05) is 24.3 Å². The van der Waals surface area contributed by atoms with Crippen LogP contribution >= 0.6 is 22.9 Å². The minimum atomic E-state index is 0.366. The SMILES string of the molecule is Clc1ccc(-c2csc(N3CC[NH+](C(c4ccccc4)c4ccccc4)CC3)n2)cc1. The summed E-state index contributed by atoms with van der Waals surface area (Å²) in [5.74, 6) is 0. The van der Waals surface area contributed by atoms with Crippen molar-refractivity contribution in [3.05, 3.63) is 106 Å². The summed E-state index contributed by atoms with van der Waals surface area (Å²) in [5, 5.41) is 4.01. The van der Waals surface area contributed by atoms with Crippen molar-refractivity contribution in [1.82, 2.24) is 4.98 Å². The van der Waals surface area contributed by atoms with Gasteiger partial charge in [-0.15, -0.1) is 11.3 Å². The molecule has 4 aromatic rings. The van der Waals surface area contributed by atoms with Crippen molar-refractivity contribution in [2.24, 2.45) is 0 Å². The van der Waals surface area contributed by atoms with Crippen molar-refractivity contribution in [3.63, 3.8) is 0 Å². The van der Waals surface area contributed by atoms with Gasteiger partial charge in [0.25, 0.3) is 0 Å². The number of thiazole rings is 1. The molecule has 5 rings (SSSR count). The van der Waals surface area contributed by atoms with E-state index < -0.39 is 0 Å². The molecule has 0 unspecified atom stereocenters. The highest BCUT2D eigenvalue weighted by Crippen LogP contribution is 2.28. The Hall–Kier alpha value is -2.66. The Kier molecular flexibility index (Phi) is 6.03. The Bertz CT molecular complexity index is 1060. The lowest BCUT2D eigenvalue weighted by molar-refractivity contribution is -0.926. The molecule has 2 heterocycles. The highest BCUT2D eigenvalue weighted by molar-refractivity contribution is 7.14. The summed E-state index contributed by atoms with van der Waals surface area (Å²) >= 11 is 7.76. The van der Waals surface area contributed by atoms with Crippen LogP contribution in [0.1, 0.15) is 17.2 Å². The first-order chi connectivity index (χ1) is 15.3. The van der Waals surface area contributed by atoms with Gasteiger partial charge < -0.3 is 9.80 Å². The van der Waals surface area contributed by atoms with Gasteiger partial charge in [0.15, 0.2) is 5.13 Å². The molecule has 1 aliphatic heterocycles. The molecular formula is C26H25ClN3S+. The lowest BCUT2D eigenvalue weighted by atomic mass is 9.96. The number of hydrogen-bond acceptors (Lipinski definition) is 3. The molecule has 156 valence electrons. The molecular weight excluding hydrogens is 422 g/mol. The minimum Gasteiger partial charge on any atom is -0.337 e. The minimum absolute atomic E-state index is 0.366. The monoisotopic (exact) mass is 446 g/mol. The zero-order chi connectivity index (χ0) is 21.0. The number of quaternary nitrogens is 1. The summed E-state index contributed by atoms with van der Waals surface area (Å²) < 4.78 is 0. The fourth-order valence-corrected chi connectivity index (χ4v) is 5.41. The molecule has 1 saturated heterocycles. The van der Waals surface area contributed by atoms with E-state index in [4.69, 9.17) is 16.6 Å². The number of nitrogens with zero attached hydrogens (tertiary/aromatic N) is 2. The number of anilines is 1. The Morgan fingerprint density at radius 3 is 1.97 bits per heavy atom. The summed E-state index contributed by atoms with van der Waals surface area (Å²) in [6.45, 7) is 4.20. The van der Waals surface area contributed by atoms with Gasteiger partial charge in [-0.2, -0.15) is 0 Å². The fraction of sp³-hybridized carbons (Fsp3) is 0.192. The van der Waals surface area contributed by atoms with E-state index in [0.29, 0.717) is 6.04 Å². The quantitative estimate of drug-likeness (QED) is 0.467. The number of rotatable bonds is 5. The molecule has 0 bridgehead atoms. The van der Waals surface area contributed by atoms with Crippen LogP contribution in [-0.2, 0) is 0 Å².